The second kappa shape index (κ2) is 9.48. The minimum atomic E-state index is -3.84. The zero-order chi connectivity index (χ0) is 24.3. The first-order chi connectivity index (χ1) is 16.2. The Hall–Kier alpha value is -3.99. The Morgan fingerprint density at radius 3 is 2.68 bits per heavy atom. The summed E-state index contributed by atoms with van der Waals surface area (Å²) in [7, 11) is -3.84. The van der Waals surface area contributed by atoms with Gasteiger partial charge >= 0.3 is 0 Å². The predicted octanol–water partition coefficient (Wildman–Crippen LogP) is 2.43. The van der Waals surface area contributed by atoms with Crippen molar-refractivity contribution in [3.63, 3.8) is 0 Å². The van der Waals surface area contributed by atoms with Crippen molar-refractivity contribution < 1.29 is 17.6 Å². The number of carbonyl (C=O) groups excluding carboxylic acids is 1. The molecule has 3 heterocycles. The fourth-order valence-corrected chi connectivity index (χ4v) is 4.65. The van der Waals surface area contributed by atoms with E-state index in [0.29, 0.717) is 27.9 Å². The molecule has 11 heteroatoms. The van der Waals surface area contributed by atoms with Crippen LogP contribution >= 0.6 is 0 Å². The van der Waals surface area contributed by atoms with Crippen molar-refractivity contribution in [3.05, 3.63) is 93.9 Å². The van der Waals surface area contributed by atoms with E-state index in [2.05, 4.69) is 20.0 Å². The third kappa shape index (κ3) is 5.31. The summed E-state index contributed by atoms with van der Waals surface area (Å²) in [6.07, 6.45) is 2.72. The van der Waals surface area contributed by atoms with E-state index in [1.807, 2.05) is 0 Å². The van der Waals surface area contributed by atoms with Gasteiger partial charge in [0, 0.05) is 24.6 Å². The minimum absolute atomic E-state index is 0.0869. The van der Waals surface area contributed by atoms with Crippen molar-refractivity contribution in [3.8, 4) is 0 Å². The summed E-state index contributed by atoms with van der Waals surface area (Å²) < 4.78 is 42.3. The molecule has 3 aromatic heterocycles. The Labute approximate surface area is 194 Å². The van der Waals surface area contributed by atoms with Crippen molar-refractivity contribution in [2.24, 2.45) is 0 Å². The lowest BCUT2D eigenvalue weighted by Crippen LogP contribution is -2.34. The molecule has 176 valence electrons. The van der Waals surface area contributed by atoms with E-state index in [9.17, 15) is 22.4 Å². The number of pyridine rings is 2. The van der Waals surface area contributed by atoms with Gasteiger partial charge in [-0.2, -0.15) is 0 Å². The maximum absolute atomic E-state index is 13.7. The molecule has 0 saturated carbocycles. The van der Waals surface area contributed by atoms with Crippen LogP contribution in [0, 0.1) is 12.7 Å². The van der Waals surface area contributed by atoms with Crippen LogP contribution in [-0.4, -0.2) is 28.9 Å². The van der Waals surface area contributed by atoms with Gasteiger partial charge in [0.05, 0.1) is 11.1 Å². The van der Waals surface area contributed by atoms with Crippen molar-refractivity contribution in [1.82, 2.24) is 19.9 Å². The summed E-state index contributed by atoms with van der Waals surface area (Å²) in [6, 6.07) is 13.1. The first kappa shape index (κ1) is 23.2. The van der Waals surface area contributed by atoms with Crippen LogP contribution in [0.1, 0.15) is 16.8 Å². The molecule has 9 nitrogen and oxygen atoms in total. The van der Waals surface area contributed by atoms with Crippen LogP contribution in [0.4, 0.5) is 10.1 Å². The Morgan fingerprint density at radius 2 is 1.91 bits per heavy atom. The molecule has 4 rings (SSSR count). The second-order valence-corrected chi connectivity index (χ2v) is 9.50. The SMILES string of the molecule is Cc1ccc(NS(=O)(=O)Cc2ccccc2)c(=O)n1CC(=O)NCc1cnc2[nH]cc(F)c2c1. The molecule has 0 aliphatic rings. The number of benzene rings is 1. The van der Waals surface area contributed by atoms with Crippen LogP contribution in [0.2, 0.25) is 0 Å². The number of aromatic nitrogens is 3. The zero-order valence-corrected chi connectivity index (χ0v) is 19.0. The van der Waals surface area contributed by atoms with Gasteiger partial charge < -0.3 is 14.9 Å². The van der Waals surface area contributed by atoms with Gasteiger partial charge in [0.15, 0.2) is 0 Å². The van der Waals surface area contributed by atoms with Crippen LogP contribution in [0.15, 0.2) is 65.7 Å². The molecule has 0 atom stereocenters. The quantitative estimate of drug-likeness (QED) is 0.355. The Balaban J connectivity index is 1.45. The zero-order valence-electron chi connectivity index (χ0n) is 18.2. The fourth-order valence-electron chi connectivity index (χ4n) is 3.45. The molecule has 1 amide bonds. The molecule has 1 aromatic carbocycles. The van der Waals surface area contributed by atoms with Crippen molar-refractivity contribution in [2.75, 3.05) is 4.72 Å². The number of sulfonamides is 1. The van der Waals surface area contributed by atoms with E-state index >= 15 is 0 Å². The van der Waals surface area contributed by atoms with Gasteiger partial charge in [-0.3, -0.25) is 14.3 Å². The average molecular weight is 484 g/mol. The number of rotatable bonds is 8. The van der Waals surface area contributed by atoms with Gasteiger partial charge in [-0.25, -0.2) is 17.8 Å². The molecule has 0 spiro atoms. The minimum Gasteiger partial charge on any atom is -0.350 e. The third-order valence-electron chi connectivity index (χ3n) is 5.19. The van der Waals surface area contributed by atoms with Gasteiger partial charge in [0.25, 0.3) is 5.56 Å². The van der Waals surface area contributed by atoms with Crippen molar-refractivity contribution in [2.45, 2.75) is 25.8 Å². The third-order valence-corrected chi connectivity index (χ3v) is 6.43. The second-order valence-electron chi connectivity index (χ2n) is 7.78. The number of hydrogen-bond acceptors (Lipinski definition) is 5. The molecule has 0 fully saturated rings. The summed E-state index contributed by atoms with van der Waals surface area (Å²) >= 11 is 0. The van der Waals surface area contributed by atoms with E-state index in [0.717, 1.165) is 0 Å². The molecular formula is C23H22FN5O4S. The summed E-state index contributed by atoms with van der Waals surface area (Å²) in [5.74, 6) is -1.20. The van der Waals surface area contributed by atoms with E-state index in [1.165, 1.54) is 23.0 Å². The smallest absolute Gasteiger partial charge is 0.275 e. The number of nitrogens with zero attached hydrogens (tertiary/aromatic N) is 2. The number of halogens is 1. The van der Waals surface area contributed by atoms with E-state index in [4.69, 9.17) is 0 Å². The van der Waals surface area contributed by atoms with E-state index in [-0.39, 0.29) is 24.5 Å². The fraction of sp³-hybridized carbons (Fsp3) is 0.174. The molecular weight excluding hydrogens is 461 g/mol. The lowest BCUT2D eigenvalue weighted by molar-refractivity contribution is -0.121. The summed E-state index contributed by atoms with van der Waals surface area (Å²) in [5, 5.41) is 2.98. The molecule has 0 aliphatic heterocycles. The van der Waals surface area contributed by atoms with Gasteiger partial charge in [-0.1, -0.05) is 30.3 Å². The lowest BCUT2D eigenvalue weighted by atomic mass is 10.2. The largest absolute Gasteiger partial charge is 0.350 e. The number of nitrogens with one attached hydrogen (secondary N) is 3. The molecule has 3 N–H and O–H groups in total. The first-order valence-electron chi connectivity index (χ1n) is 10.3. The summed E-state index contributed by atoms with van der Waals surface area (Å²) in [4.78, 5) is 32.2. The Bertz CT molecular complexity index is 1510. The lowest BCUT2D eigenvalue weighted by Gasteiger charge is -2.14. The number of anilines is 1. The van der Waals surface area contributed by atoms with Gasteiger partial charge in [-0.05, 0) is 36.2 Å². The van der Waals surface area contributed by atoms with Gasteiger partial charge in [0.1, 0.15) is 23.7 Å². The molecule has 0 unspecified atom stereocenters. The topological polar surface area (TPSA) is 126 Å². The molecule has 34 heavy (non-hydrogen) atoms. The molecule has 0 aliphatic carbocycles. The van der Waals surface area contributed by atoms with Crippen LogP contribution in [0.25, 0.3) is 11.0 Å². The van der Waals surface area contributed by atoms with E-state index < -0.39 is 27.3 Å². The average Bonchev–Trinajstić information content (AvgIpc) is 3.17. The monoisotopic (exact) mass is 483 g/mol. The van der Waals surface area contributed by atoms with E-state index in [1.54, 1.807) is 49.4 Å². The number of hydrogen-bond donors (Lipinski definition) is 3. The molecule has 0 bridgehead atoms. The van der Waals surface area contributed by atoms with Crippen LogP contribution < -0.4 is 15.6 Å². The molecule has 4 aromatic rings. The van der Waals surface area contributed by atoms with Crippen LogP contribution in [0.5, 0.6) is 0 Å². The Morgan fingerprint density at radius 1 is 1.15 bits per heavy atom. The molecule has 0 radical (unpaired) electrons. The predicted molar refractivity (Wildman–Crippen MR) is 126 cm³/mol. The van der Waals surface area contributed by atoms with Crippen molar-refractivity contribution in [1.29, 1.82) is 0 Å². The maximum Gasteiger partial charge on any atom is 0.275 e. The highest BCUT2D eigenvalue weighted by Gasteiger charge is 2.17. The number of fused-ring (bicyclic) bond motifs is 1. The number of amides is 1. The van der Waals surface area contributed by atoms with Crippen LogP contribution in [-0.2, 0) is 33.7 Å². The highest BCUT2D eigenvalue weighted by atomic mass is 32.2. The number of H-pyrrole nitrogens is 1. The first-order valence-corrected chi connectivity index (χ1v) is 12.0. The van der Waals surface area contributed by atoms with Gasteiger partial charge in [-0.15, -0.1) is 0 Å². The summed E-state index contributed by atoms with van der Waals surface area (Å²) in [5.41, 5.74) is 1.28. The number of aryl methyl sites for hydroxylation is 1. The van der Waals surface area contributed by atoms with Crippen LogP contribution in [0.3, 0.4) is 0 Å². The normalized spacial score (nSPS) is 11.5. The standard InChI is InChI=1S/C23H22FN5O4S/c1-15-7-8-20(28-34(32,33)14-16-5-3-2-4-6-16)23(31)29(15)13-21(30)25-10-17-9-18-19(24)12-27-22(18)26-11-17/h2-9,11-12,28H,10,13-14H2,1H3,(H,25,30)(H,26,27). The summed E-state index contributed by atoms with van der Waals surface area (Å²) in [6.45, 7) is 1.42. The van der Waals surface area contributed by atoms with Gasteiger partial charge in [0.2, 0.25) is 15.9 Å². The Kier molecular flexibility index (Phi) is 6.46. The molecule has 0 saturated heterocycles. The van der Waals surface area contributed by atoms with Crippen molar-refractivity contribution >= 4 is 32.7 Å². The maximum atomic E-state index is 13.7. The highest BCUT2D eigenvalue weighted by molar-refractivity contribution is 7.91. The number of carbonyl (C=O) groups is 1. The number of aromatic amines is 1. The highest BCUT2D eigenvalue weighted by Crippen LogP contribution is 2.16.